The lowest BCUT2D eigenvalue weighted by Crippen LogP contribution is -2.49. The van der Waals surface area contributed by atoms with Gasteiger partial charge in [0.25, 0.3) is 0 Å². The molecule has 0 spiro atoms. The van der Waals surface area contributed by atoms with Gasteiger partial charge < -0.3 is 9.80 Å². The van der Waals surface area contributed by atoms with Gasteiger partial charge in [0, 0.05) is 13.1 Å². The van der Waals surface area contributed by atoms with Gasteiger partial charge in [-0.15, -0.1) is 0 Å². The van der Waals surface area contributed by atoms with Crippen LogP contribution in [0.5, 0.6) is 0 Å². The van der Waals surface area contributed by atoms with E-state index in [4.69, 9.17) is 5.14 Å². The fourth-order valence-electron chi connectivity index (χ4n) is 1.80. The number of primary sulfonamides is 1. The third-order valence-corrected chi connectivity index (χ3v) is 3.96. The van der Waals surface area contributed by atoms with Crippen LogP contribution in [0.3, 0.4) is 0 Å². The predicted molar refractivity (Wildman–Crippen MR) is 61.3 cm³/mol. The molecule has 94 valence electrons. The van der Waals surface area contributed by atoms with Gasteiger partial charge in [0.1, 0.15) is 0 Å². The standard InChI is InChI=1S/C9H19N3O3S/c1-11(2)7-9(13)12-5-3-4-8(6-12)16(10,14)15/h8H,3-7H2,1-2H3,(H2,10,14,15). The quantitative estimate of drug-likeness (QED) is 0.683. The van der Waals surface area contributed by atoms with E-state index >= 15 is 0 Å². The maximum atomic E-state index is 11.7. The van der Waals surface area contributed by atoms with Gasteiger partial charge in [-0.05, 0) is 26.9 Å². The van der Waals surface area contributed by atoms with Crippen molar-refractivity contribution in [3.8, 4) is 0 Å². The van der Waals surface area contributed by atoms with E-state index in [1.165, 1.54) is 0 Å². The summed E-state index contributed by atoms with van der Waals surface area (Å²) in [5.74, 6) is -0.0432. The zero-order valence-corrected chi connectivity index (χ0v) is 10.5. The number of piperidine rings is 1. The van der Waals surface area contributed by atoms with E-state index in [0.717, 1.165) is 0 Å². The Bertz CT molecular complexity index is 353. The van der Waals surface area contributed by atoms with Crippen molar-refractivity contribution in [3.05, 3.63) is 0 Å². The maximum absolute atomic E-state index is 11.7. The summed E-state index contributed by atoms with van der Waals surface area (Å²) in [6.07, 6.45) is 1.24. The third-order valence-electron chi connectivity index (χ3n) is 2.65. The topological polar surface area (TPSA) is 83.7 Å². The fraction of sp³-hybridized carbons (Fsp3) is 0.889. The minimum Gasteiger partial charge on any atom is -0.340 e. The van der Waals surface area contributed by atoms with Crippen molar-refractivity contribution in [1.82, 2.24) is 9.80 Å². The number of likely N-dealkylation sites (tertiary alicyclic amines) is 1. The summed E-state index contributed by atoms with van der Waals surface area (Å²) in [7, 11) is 0.0809. The number of sulfonamides is 1. The lowest BCUT2D eigenvalue weighted by Gasteiger charge is -2.32. The molecule has 0 aromatic carbocycles. The van der Waals surface area contributed by atoms with E-state index in [-0.39, 0.29) is 12.5 Å². The van der Waals surface area contributed by atoms with Crippen molar-refractivity contribution < 1.29 is 13.2 Å². The molecule has 1 heterocycles. The molecule has 1 unspecified atom stereocenters. The molecule has 1 aliphatic rings. The summed E-state index contributed by atoms with van der Waals surface area (Å²) in [4.78, 5) is 15.1. The first-order chi connectivity index (χ1) is 7.30. The number of likely N-dealkylation sites (N-methyl/N-ethyl adjacent to an activating group) is 1. The lowest BCUT2D eigenvalue weighted by molar-refractivity contribution is -0.132. The van der Waals surface area contributed by atoms with Crippen LogP contribution in [0.15, 0.2) is 0 Å². The smallest absolute Gasteiger partial charge is 0.236 e. The summed E-state index contributed by atoms with van der Waals surface area (Å²) in [6, 6.07) is 0. The van der Waals surface area contributed by atoms with Crippen molar-refractivity contribution in [3.63, 3.8) is 0 Å². The van der Waals surface area contributed by atoms with Crippen LogP contribution in [-0.4, -0.2) is 63.1 Å². The van der Waals surface area contributed by atoms with Gasteiger partial charge >= 0.3 is 0 Å². The van der Waals surface area contributed by atoms with Crippen LogP contribution < -0.4 is 5.14 Å². The molecule has 1 rings (SSSR count). The van der Waals surface area contributed by atoms with E-state index in [1.807, 2.05) is 0 Å². The number of rotatable bonds is 3. The van der Waals surface area contributed by atoms with Gasteiger partial charge in [0.15, 0.2) is 0 Å². The number of hydrogen-bond donors (Lipinski definition) is 1. The first-order valence-corrected chi connectivity index (χ1v) is 6.86. The molecule has 0 saturated carbocycles. The molecule has 0 bridgehead atoms. The van der Waals surface area contributed by atoms with Crippen molar-refractivity contribution in [2.75, 3.05) is 33.7 Å². The second-order valence-corrected chi connectivity index (χ2v) is 6.28. The maximum Gasteiger partial charge on any atom is 0.236 e. The fourth-order valence-corrected chi connectivity index (χ4v) is 2.69. The second kappa shape index (κ2) is 5.11. The molecule has 0 radical (unpaired) electrons. The predicted octanol–water partition coefficient (Wildman–Crippen LogP) is -1.17. The van der Waals surface area contributed by atoms with Crippen LogP contribution in [0.2, 0.25) is 0 Å². The normalized spacial score (nSPS) is 22.5. The van der Waals surface area contributed by atoms with Gasteiger partial charge in [-0.25, -0.2) is 13.6 Å². The Kier molecular flexibility index (Phi) is 4.28. The molecule has 0 aromatic heterocycles. The Balaban J connectivity index is 2.60. The van der Waals surface area contributed by atoms with Crippen molar-refractivity contribution in [2.24, 2.45) is 5.14 Å². The lowest BCUT2D eigenvalue weighted by atomic mass is 10.1. The summed E-state index contributed by atoms with van der Waals surface area (Å²) < 4.78 is 22.4. The van der Waals surface area contributed by atoms with Crippen LogP contribution in [0.1, 0.15) is 12.8 Å². The van der Waals surface area contributed by atoms with Gasteiger partial charge in [-0.2, -0.15) is 0 Å². The number of carbonyl (C=O) groups is 1. The summed E-state index contributed by atoms with van der Waals surface area (Å²) >= 11 is 0. The van der Waals surface area contributed by atoms with E-state index in [2.05, 4.69) is 0 Å². The summed E-state index contributed by atoms with van der Waals surface area (Å²) in [5.41, 5.74) is 0. The Morgan fingerprint density at radius 2 is 2.12 bits per heavy atom. The molecule has 7 heteroatoms. The molecular formula is C9H19N3O3S. The number of nitrogens with two attached hydrogens (primary N) is 1. The average Bonchev–Trinajstić information content (AvgIpc) is 2.15. The zero-order valence-electron chi connectivity index (χ0n) is 9.72. The molecule has 1 aliphatic heterocycles. The molecule has 6 nitrogen and oxygen atoms in total. The highest BCUT2D eigenvalue weighted by molar-refractivity contribution is 7.89. The van der Waals surface area contributed by atoms with Gasteiger partial charge in [0.2, 0.25) is 15.9 Å². The van der Waals surface area contributed by atoms with Crippen LogP contribution >= 0.6 is 0 Å². The molecule has 1 amide bonds. The monoisotopic (exact) mass is 249 g/mol. The number of hydrogen-bond acceptors (Lipinski definition) is 4. The minimum absolute atomic E-state index is 0.0432. The summed E-state index contributed by atoms with van der Waals surface area (Å²) in [6.45, 7) is 1.15. The average molecular weight is 249 g/mol. The van der Waals surface area contributed by atoms with Crippen LogP contribution in [0.25, 0.3) is 0 Å². The van der Waals surface area contributed by atoms with Crippen molar-refractivity contribution >= 4 is 15.9 Å². The van der Waals surface area contributed by atoms with Crippen LogP contribution in [0.4, 0.5) is 0 Å². The Morgan fingerprint density at radius 3 is 2.62 bits per heavy atom. The number of amides is 1. The first kappa shape index (κ1) is 13.4. The minimum atomic E-state index is -3.53. The largest absolute Gasteiger partial charge is 0.340 e. The van der Waals surface area contributed by atoms with Crippen LogP contribution in [-0.2, 0) is 14.8 Å². The highest BCUT2D eigenvalue weighted by Gasteiger charge is 2.30. The highest BCUT2D eigenvalue weighted by Crippen LogP contribution is 2.15. The molecule has 16 heavy (non-hydrogen) atoms. The molecular weight excluding hydrogens is 230 g/mol. The van der Waals surface area contributed by atoms with E-state index in [9.17, 15) is 13.2 Å². The molecule has 2 N–H and O–H groups in total. The molecule has 0 aromatic rings. The Hall–Kier alpha value is -0.660. The Labute approximate surface area is 96.4 Å². The number of carbonyl (C=O) groups excluding carboxylic acids is 1. The van der Waals surface area contributed by atoms with Gasteiger partial charge in [-0.3, -0.25) is 4.79 Å². The second-order valence-electron chi connectivity index (χ2n) is 4.43. The number of nitrogens with zero attached hydrogens (tertiary/aromatic N) is 2. The van der Waals surface area contributed by atoms with Crippen molar-refractivity contribution in [1.29, 1.82) is 0 Å². The molecule has 1 fully saturated rings. The van der Waals surface area contributed by atoms with E-state index < -0.39 is 15.3 Å². The Morgan fingerprint density at radius 1 is 1.50 bits per heavy atom. The first-order valence-electron chi connectivity index (χ1n) is 5.25. The molecule has 0 aliphatic carbocycles. The highest BCUT2D eigenvalue weighted by atomic mass is 32.2. The summed E-state index contributed by atoms with van der Waals surface area (Å²) in [5, 5.41) is 4.49. The molecule has 1 saturated heterocycles. The van der Waals surface area contributed by atoms with Crippen molar-refractivity contribution in [2.45, 2.75) is 18.1 Å². The zero-order chi connectivity index (χ0) is 12.3. The van der Waals surface area contributed by atoms with E-state index in [1.54, 1.807) is 23.9 Å². The van der Waals surface area contributed by atoms with E-state index in [0.29, 0.717) is 25.9 Å². The van der Waals surface area contributed by atoms with Gasteiger partial charge in [0.05, 0.1) is 11.8 Å². The third kappa shape index (κ3) is 3.73. The SMILES string of the molecule is CN(C)CC(=O)N1CCCC(S(N)(=O)=O)C1. The van der Waals surface area contributed by atoms with Gasteiger partial charge in [-0.1, -0.05) is 0 Å². The molecule has 1 atom stereocenters. The van der Waals surface area contributed by atoms with Crippen LogP contribution in [0, 0.1) is 0 Å².